The number of amides is 5. The Morgan fingerprint density at radius 2 is 1.61 bits per heavy atom. The van der Waals surface area contributed by atoms with Gasteiger partial charge in [-0.3, -0.25) is 24.1 Å². The van der Waals surface area contributed by atoms with Gasteiger partial charge in [-0.2, -0.15) is 4.90 Å². The highest BCUT2D eigenvalue weighted by atomic mass is 16.6. The molecule has 4 aliphatic carbocycles. The van der Waals surface area contributed by atoms with E-state index in [0.29, 0.717) is 35.0 Å². The first kappa shape index (κ1) is 34.2. The van der Waals surface area contributed by atoms with Crippen molar-refractivity contribution in [2.75, 3.05) is 0 Å². The second-order valence-corrected chi connectivity index (χ2v) is 17.2. The van der Waals surface area contributed by atoms with E-state index in [0.717, 1.165) is 41.4 Å². The average molecular weight is 671 g/mol. The molecule has 0 aromatic heterocycles. The number of carbonyl (C=O) groups is 5. The van der Waals surface area contributed by atoms with Crippen LogP contribution >= 0.6 is 0 Å². The van der Waals surface area contributed by atoms with E-state index in [1.54, 1.807) is 24.3 Å². The third-order valence-corrected chi connectivity index (χ3v) is 14.2. The summed E-state index contributed by atoms with van der Waals surface area (Å²) in [5.74, 6) is 1.77. The summed E-state index contributed by atoms with van der Waals surface area (Å²) >= 11 is 0. The van der Waals surface area contributed by atoms with Gasteiger partial charge in [0.2, 0.25) is 5.91 Å². The molecule has 1 aromatic carbocycles. The fraction of sp³-hybridized carbons (Fsp3) is 0.683. The number of piperidine rings is 1. The SMILES string of the molecule is CC(C)CCCC(C)C1CCC2C3CC=C4CC(OC(=O)N5C(=O)CCC(N6C(=O)c7ccccc7C6=O)C5=O)CCC4(C)C3CCC12C. The number of carbonyl (C=O) groups excluding carboxylic acids is 5. The number of ether oxygens (including phenoxy) is 1. The highest BCUT2D eigenvalue weighted by molar-refractivity contribution is 6.24. The van der Waals surface area contributed by atoms with E-state index in [-0.39, 0.29) is 29.4 Å². The van der Waals surface area contributed by atoms with E-state index in [4.69, 9.17) is 4.74 Å². The molecule has 3 saturated carbocycles. The van der Waals surface area contributed by atoms with Gasteiger partial charge >= 0.3 is 6.09 Å². The lowest BCUT2D eigenvalue weighted by Crippen LogP contribution is -2.58. The van der Waals surface area contributed by atoms with E-state index in [1.165, 1.54) is 50.5 Å². The van der Waals surface area contributed by atoms with Crippen molar-refractivity contribution >= 4 is 29.7 Å². The minimum atomic E-state index is -1.22. The Hall–Kier alpha value is -3.29. The minimum Gasteiger partial charge on any atom is -0.445 e. The number of allylic oxidation sites excluding steroid dienone is 1. The number of nitrogens with zero attached hydrogens (tertiary/aromatic N) is 2. The Balaban J connectivity index is 1.00. The van der Waals surface area contributed by atoms with Gasteiger partial charge in [0.15, 0.2) is 0 Å². The minimum absolute atomic E-state index is 0.0119. The zero-order valence-corrected chi connectivity index (χ0v) is 30.0. The molecule has 6 aliphatic rings. The van der Waals surface area contributed by atoms with Crippen molar-refractivity contribution in [3.8, 4) is 0 Å². The predicted octanol–water partition coefficient (Wildman–Crippen LogP) is 8.35. The van der Waals surface area contributed by atoms with Crippen LogP contribution in [0, 0.1) is 46.3 Å². The quantitative estimate of drug-likeness (QED) is 0.214. The summed E-state index contributed by atoms with van der Waals surface area (Å²) < 4.78 is 5.92. The van der Waals surface area contributed by atoms with Gasteiger partial charge in [-0.1, -0.05) is 77.7 Å². The lowest BCUT2D eigenvalue weighted by molar-refractivity contribution is -0.149. The van der Waals surface area contributed by atoms with E-state index < -0.39 is 41.9 Å². The van der Waals surface area contributed by atoms with E-state index in [2.05, 4.69) is 40.7 Å². The maximum Gasteiger partial charge on any atom is 0.423 e. The van der Waals surface area contributed by atoms with Crippen LogP contribution in [-0.4, -0.2) is 51.7 Å². The maximum atomic E-state index is 13.6. The van der Waals surface area contributed by atoms with Crippen molar-refractivity contribution in [1.29, 1.82) is 0 Å². The topological polar surface area (TPSA) is 101 Å². The Morgan fingerprint density at radius 3 is 2.31 bits per heavy atom. The van der Waals surface area contributed by atoms with Gasteiger partial charge in [-0.15, -0.1) is 0 Å². The van der Waals surface area contributed by atoms with Gasteiger partial charge in [0.05, 0.1) is 11.1 Å². The molecule has 4 fully saturated rings. The van der Waals surface area contributed by atoms with Crippen LogP contribution in [0.2, 0.25) is 0 Å². The molecule has 2 aliphatic heterocycles. The zero-order chi connectivity index (χ0) is 34.8. The molecule has 8 heteroatoms. The smallest absolute Gasteiger partial charge is 0.423 e. The van der Waals surface area contributed by atoms with Gasteiger partial charge in [0, 0.05) is 12.8 Å². The number of hydrogen-bond acceptors (Lipinski definition) is 6. The van der Waals surface area contributed by atoms with Crippen LogP contribution in [0.3, 0.4) is 0 Å². The molecule has 9 atom stereocenters. The Labute approximate surface area is 291 Å². The molecule has 0 radical (unpaired) electrons. The van der Waals surface area contributed by atoms with Gasteiger partial charge in [-0.05, 0) is 110 Å². The van der Waals surface area contributed by atoms with Crippen LogP contribution in [-0.2, 0) is 14.3 Å². The van der Waals surface area contributed by atoms with Crippen molar-refractivity contribution < 1.29 is 28.7 Å². The molecule has 8 nitrogen and oxygen atoms in total. The summed E-state index contributed by atoms with van der Waals surface area (Å²) in [6.45, 7) is 12.2. The predicted molar refractivity (Wildman–Crippen MR) is 185 cm³/mol. The number of imide groups is 4. The van der Waals surface area contributed by atoms with Crippen LogP contribution in [0.5, 0.6) is 0 Å². The van der Waals surface area contributed by atoms with E-state index in [9.17, 15) is 24.0 Å². The molecule has 1 saturated heterocycles. The fourth-order valence-electron chi connectivity index (χ4n) is 11.6. The molecule has 9 unspecified atom stereocenters. The molecular formula is C41H54N2O6. The molecule has 5 amide bonds. The van der Waals surface area contributed by atoms with Gasteiger partial charge in [0.1, 0.15) is 12.1 Å². The number of likely N-dealkylation sites (tertiary alicyclic amines) is 1. The summed E-state index contributed by atoms with van der Waals surface area (Å²) in [6.07, 6.45) is 13.4. The van der Waals surface area contributed by atoms with Crippen molar-refractivity contribution in [1.82, 2.24) is 9.80 Å². The first-order chi connectivity index (χ1) is 23.3. The van der Waals surface area contributed by atoms with E-state index in [1.807, 2.05) is 0 Å². The first-order valence-corrected chi connectivity index (χ1v) is 19.1. The van der Waals surface area contributed by atoms with Gasteiger partial charge in [-0.25, -0.2) is 4.79 Å². The third-order valence-electron chi connectivity index (χ3n) is 14.2. The molecular weight excluding hydrogens is 616 g/mol. The van der Waals surface area contributed by atoms with Crippen molar-refractivity contribution in [3.05, 3.63) is 47.0 Å². The van der Waals surface area contributed by atoms with Gasteiger partial charge in [0.25, 0.3) is 17.7 Å². The van der Waals surface area contributed by atoms with Crippen LogP contribution in [0.4, 0.5) is 4.79 Å². The Morgan fingerprint density at radius 1 is 0.898 bits per heavy atom. The largest absolute Gasteiger partial charge is 0.445 e. The highest BCUT2D eigenvalue weighted by Crippen LogP contribution is 2.67. The standard InChI is InChI=1S/C41H54N2O6/c1-24(2)9-8-10-25(3)31-15-16-32-30-14-13-26-23-27(19-21-40(26,4)33(30)20-22-41(31,32)5)49-39(48)43-35(44)18-17-34(38(43)47)42-36(45)28-11-6-7-12-29(28)37(42)46/h6-7,11-13,24-25,27,30-34H,8-10,14-23H2,1-5H3. The average Bonchev–Trinajstić information content (AvgIpc) is 3.54. The Kier molecular flexibility index (Phi) is 8.92. The number of rotatable bonds is 7. The molecule has 7 rings (SSSR count). The first-order valence-electron chi connectivity index (χ1n) is 19.1. The number of fused-ring (bicyclic) bond motifs is 6. The molecule has 0 spiro atoms. The summed E-state index contributed by atoms with van der Waals surface area (Å²) in [5.41, 5.74) is 2.30. The molecule has 2 heterocycles. The van der Waals surface area contributed by atoms with Crippen LogP contribution in [0.25, 0.3) is 0 Å². The molecule has 0 bridgehead atoms. The lowest BCUT2D eigenvalue weighted by Gasteiger charge is -2.58. The lowest BCUT2D eigenvalue weighted by atomic mass is 9.47. The second kappa shape index (κ2) is 12.8. The van der Waals surface area contributed by atoms with E-state index >= 15 is 0 Å². The number of benzene rings is 1. The summed E-state index contributed by atoms with van der Waals surface area (Å²) in [4.78, 5) is 67.7. The maximum absolute atomic E-state index is 13.6. The normalized spacial score (nSPS) is 36.2. The molecule has 1 aromatic rings. The van der Waals surface area contributed by atoms with Gasteiger partial charge < -0.3 is 4.74 Å². The monoisotopic (exact) mass is 670 g/mol. The Bertz CT molecular complexity index is 1550. The highest BCUT2D eigenvalue weighted by Gasteiger charge is 2.59. The summed E-state index contributed by atoms with van der Waals surface area (Å²) in [7, 11) is 0. The summed E-state index contributed by atoms with van der Waals surface area (Å²) in [5, 5.41) is 0. The fourth-order valence-corrected chi connectivity index (χ4v) is 11.6. The van der Waals surface area contributed by atoms with Crippen molar-refractivity contribution in [3.63, 3.8) is 0 Å². The van der Waals surface area contributed by atoms with Crippen LogP contribution < -0.4 is 0 Å². The zero-order valence-electron chi connectivity index (χ0n) is 30.0. The second-order valence-electron chi connectivity index (χ2n) is 17.2. The molecule has 49 heavy (non-hydrogen) atoms. The van der Waals surface area contributed by atoms with Crippen LogP contribution in [0.15, 0.2) is 35.9 Å². The summed E-state index contributed by atoms with van der Waals surface area (Å²) in [6, 6.07) is 5.19. The third kappa shape index (κ3) is 5.60. The van der Waals surface area contributed by atoms with Crippen LogP contribution in [0.1, 0.15) is 139 Å². The van der Waals surface area contributed by atoms with Crippen molar-refractivity contribution in [2.24, 2.45) is 46.3 Å². The number of hydrogen-bond donors (Lipinski definition) is 0. The molecule has 264 valence electrons. The molecule has 0 N–H and O–H groups in total. The van der Waals surface area contributed by atoms with Crippen molar-refractivity contribution in [2.45, 2.75) is 130 Å².